The van der Waals surface area contributed by atoms with Gasteiger partial charge in [0.1, 0.15) is 0 Å². The Morgan fingerprint density at radius 2 is 1.19 bits per heavy atom. The van der Waals surface area contributed by atoms with Crippen molar-refractivity contribution in [3.05, 3.63) is 48.6 Å². The molecule has 0 aromatic carbocycles. The molecule has 4 heteroatoms. The van der Waals surface area contributed by atoms with Crippen LogP contribution in [0.3, 0.4) is 0 Å². The van der Waals surface area contributed by atoms with E-state index in [1.54, 1.807) is 0 Å². The van der Waals surface area contributed by atoms with Crippen molar-refractivity contribution in [3.63, 3.8) is 0 Å². The monoisotopic (exact) mass is 319 g/mol. The van der Waals surface area contributed by atoms with Gasteiger partial charge in [-0.25, -0.2) is 24.3 Å². The maximum absolute atomic E-state index is 2.99. The van der Waals surface area contributed by atoms with Crippen LogP contribution in [-0.2, 0) is 26.2 Å². The molecule has 0 aromatic rings. The van der Waals surface area contributed by atoms with E-state index in [0.29, 0.717) is 0 Å². The Labute approximate surface area is 119 Å². The molecule has 0 saturated carbocycles. The molecule has 0 heterocycles. The SMILES string of the molecule is C[SiH]C.F.F.[C-]1=CC=CC1.[C-]1=CC=CC1.[Zr+2]. The van der Waals surface area contributed by atoms with E-state index in [9.17, 15) is 0 Å². The second-order valence-electron chi connectivity index (χ2n) is 2.58. The van der Waals surface area contributed by atoms with Crippen LogP contribution in [0.4, 0.5) is 9.41 Å². The summed E-state index contributed by atoms with van der Waals surface area (Å²) in [6, 6.07) is 0. The zero-order valence-corrected chi connectivity index (χ0v) is 13.4. The van der Waals surface area contributed by atoms with Gasteiger partial charge in [-0.1, -0.05) is 13.1 Å². The maximum atomic E-state index is 2.99. The van der Waals surface area contributed by atoms with Crippen LogP contribution in [0.1, 0.15) is 12.8 Å². The topological polar surface area (TPSA) is 0 Å². The molecule has 0 amide bonds. The van der Waals surface area contributed by atoms with Crippen molar-refractivity contribution in [2.45, 2.75) is 25.9 Å². The number of halogens is 2. The third kappa shape index (κ3) is 23.6. The van der Waals surface area contributed by atoms with Gasteiger partial charge in [-0.2, -0.15) is 12.2 Å². The fraction of sp³-hybridized carbons (Fsp3) is 0.333. The second kappa shape index (κ2) is 24.2. The smallest absolute Gasteiger partial charge is 0.273 e. The average molecular weight is 321 g/mol. The molecule has 2 aliphatic rings. The van der Waals surface area contributed by atoms with Gasteiger partial charge in [-0.3, -0.25) is 21.6 Å². The summed E-state index contributed by atoms with van der Waals surface area (Å²) in [4.78, 5) is 0. The van der Waals surface area contributed by atoms with Crippen molar-refractivity contribution in [2.75, 3.05) is 0 Å². The molecule has 1 radical (unpaired) electrons. The van der Waals surface area contributed by atoms with Crippen LogP contribution >= 0.6 is 0 Å². The van der Waals surface area contributed by atoms with Crippen molar-refractivity contribution in [2.24, 2.45) is 0 Å². The van der Waals surface area contributed by atoms with Crippen molar-refractivity contribution in [1.82, 2.24) is 0 Å². The standard InChI is InChI=1S/2C5H5.C2H7Si.2FH.Zr/c2*1-2-4-5-3-1;1-3-2;;;/h2*1-3H,4H2;3H,1-2H3;2*1H;/q2*-1;;;;+2. The van der Waals surface area contributed by atoms with Crippen LogP contribution in [0.5, 0.6) is 0 Å². The molecule has 0 saturated heterocycles. The van der Waals surface area contributed by atoms with Gasteiger partial charge in [0.25, 0.3) is 0 Å². The minimum absolute atomic E-state index is 0. The van der Waals surface area contributed by atoms with E-state index >= 15 is 0 Å². The van der Waals surface area contributed by atoms with Crippen LogP contribution in [0.15, 0.2) is 36.5 Å². The Kier molecular flexibility index (Phi) is 37.8. The van der Waals surface area contributed by atoms with E-state index in [1.807, 2.05) is 24.3 Å². The van der Waals surface area contributed by atoms with E-state index in [-0.39, 0.29) is 35.6 Å². The molecule has 0 bridgehead atoms. The van der Waals surface area contributed by atoms with Crippen LogP contribution in [0.25, 0.3) is 0 Å². The summed E-state index contributed by atoms with van der Waals surface area (Å²) in [5, 5.41) is 0. The molecule has 2 rings (SSSR count). The van der Waals surface area contributed by atoms with Gasteiger partial charge in [0, 0.05) is 9.52 Å². The Balaban J connectivity index is -0.0000000638. The average Bonchev–Trinajstić information content (AvgIpc) is 2.85. The quantitative estimate of drug-likeness (QED) is 0.474. The Hall–Kier alpha value is -0.0800. The molecule has 0 spiro atoms. The van der Waals surface area contributed by atoms with E-state index in [2.05, 4.69) is 37.4 Å². The van der Waals surface area contributed by atoms with Gasteiger partial charge < -0.3 is 0 Å². The predicted octanol–water partition coefficient (Wildman–Crippen LogP) is 3.43. The second-order valence-corrected chi connectivity index (χ2v) is 3.74. The third-order valence-corrected chi connectivity index (χ3v) is 1.17. The summed E-state index contributed by atoms with van der Waals surface area (Å²) in [5.74, 6) is 0. The summed E-state index contributed by atoms with van der Waals surface area (Å²) in [6.07, 6.45) is 20.0. The number of allylic oxidation sites excluding steroid dienone is 8. The van der Waals surface area contributed by atoms with Gasteiger partial charge >= 0.3 is 26.2 Å². The summed E-state index contributed by atoms with van der Waals surface area (Å²) >= 11 is 0. The van der Waals surface area contributed by atoms with Crippen molar-refractivity contribution < 1.29 is 35.6 Å². The minimum Gasteiger partial charge on any atom is -0.273 e. The first-order chi connectivity index (χ1) is 6.41. The molecular formula is C12H19F2SiZr. The number of rotatable bonds is 0. The first-order valence-electron chi connectivity index (χ1n) is 4.59. The van der Waals surface area contributed by atoms with E-state index in [4.69, 9.17) is 0 Å². The van der Waals surface area contributed by atoms with Crippen molar-refractivity contribution in [3.8, 4) is 0 Å². The Morgan fingerprint density at radius 3 is 1.25 bits per heavy atom. The maximum Gasteiger partial charge on any atom is 2.00 e. The van der Waals surface area contributed by atoms with Crippen molar-refractivity contribution in [1.29, 1.82) is 0 Å². The van der Waals surface area contributed by atoms with Gasteiger partial charge in [-0.05, 0) is 0 Å². The summed E-state index contributed by atoms with van der Waals surface area (Å²) in [5.41, 5.74) is 0. The third-order valence-electron chi connectivity index (χ3n) is 1.17. The van der Waals surface area contributed by atoms with Gasteiger partial charge in [0.05, 0.1) is 0 Å². The molecule has 0 fully saturated rings. The molecule has 0 aliphatic heterocycles. The zero-order chi connectivity index (χ0) is 9.78. The van der Waals surface area contributed by atoms with E-state index in [1.165, 1.54) is 0 Å². The van der Waals surface area contributed by atoms with Crippen LogP contribution in [0.2, 0.25) is 13.1 Å². The molecule has 16 heavy (non-hydrogen) atoms. The predicted molar refractivity (Wildman–Crippen MR) is 67.0 cm³/mol. The molecule has 0 N–H and O–H groups in total. The Bertz CT molecular complexity index is 169. The summed E-state index contributed by atoms with van der Waals surface area (Å²) in [7, 11) is 0.750. The largest absolute Gasteiger partial charge is 2.00 e. The van der Waals surface area contributed by atoms with Crippen LogP contribution < -0.4 is 0 Å². The molecule has 0 atom stereocenters. The normalized spacial score (nSPS) is 12.1. The van der Waals surface area contributed by atoms with E-state index in [0.717, 1.165) is 22.4 Å². The molecule has 89 valence electrons. The molecule has 0 aromatic heterocycles. The molecule has 2 aliphatic carbocycles. The van der Waals surface area contributed by atoms with Gasteiger partial charge in [0.15, 0.2) is 0 Å². The van der Waals surface area contributed by atoms with Crippen LogP contribution in [-0.4, -0.2) is 9.52 Å². The summed E-state index contributed by atoms with van der Waals surface area (Å²) in [6.45, 7) is 4.42. The van der Waals surface area contributed by atoms with E-state index < -0.39 is 0 Å². The van der Waals surface area contributed by atoms with Gasteiger partial charge in [0.2, 0.25) is 0 Å². The first kappa shape index (κ1) is 24.9. The van der Waals surface area contributed by atoms with Gasteiger partial charge in [-0.15, -0.1) is 12.8 Å². The fourth-order valence-corrected chi connectivity index (χ4v) is 0.680. The fourth-order valence-electron chi connectivity index (χ4n) is 0.680. The van der Waals surface area contributed by atoms with Crippen molar-refractivity contribution >= 4 is 9.52 Å². The minimum atomic E-state index is 0. The molecule has 0 unspecified atom stereocenters. The molecular weight excluding hydrogens is 301 g/mol. The Morgan fingerprint density at radius 1 is 0.875 bits per heavy atom. The summed E-state index contributed by atoms with van der Waals surface area (Å²) < 4.78 is 0. The first-order valence-corrected chi connectivity index (χ1v) is 6.90. The molecule has 0 nitrogen and oxygen atoms in total. The number of hydrogen-bond acceptors (Lipinski definition) is 0. The van der Waals surface area contributed by atoms with Crippen LogP contribution in [0, 0.1) is 12.2 Å². The zero-order valence-electron chi connectivity index (χ0n) is 9.77. The number of hydrogen-bond donors (Lipinski definition) is 0.